The van der Waals surface area contributed by atoms with Crippen LogP contribution in [-0.4, -0.2) is 58.7 Å². The van der Waals surface area contributed by atoms with Crippen LogP contribution in [0.4, 0.5) is 17.5 Å². The Labute approximate surface area is 194 Å². The summed E-state index contributed by atoms with van der Waals surface area (Å²) in [5, 5.41) is 3.46. The predicted molar refractivity (Wildman–Crippen MR) is 130 cm³/mol. The van der Waals surface area contributed by atoms with Crippen LogP contribution in [0.5, 0.6) is 0 Å². The molecule has 1 amide bonds. The number of amides is 1. The van der Waals surface area contributed by atoms with Crippen LogP contribution in [0.3, 0.4) is 0 Å². The molecule has 8 nitrogen and oxygen atoms in total. The van der Waals surface area contributed by atoms with E-state index in [1.165, 1.54) is 0 Å². The van der Waals surface area contributed by atoms with Gasteiger partial charge in [-0.15, -0.1) is 0 Å². The number of morpholine rings is 1. The summed E-state index contributed by atoms with van der Waals surface area (Å²) in [5.74, 6) is 1.26. The second kappa shape index (κ2) is 8.51. The van der Waals surface area contributed by atoms with E-state index in [4.69, 9.17) is 20.4 Å². The summed E-state index contributed by atoms with van der Waals surface area (Å²) in [5.41, 5.74) is 10.1. The third-order valence-electron chi connectivity index (χ3n) is 6.63. The van der Waals surface area contributed by atoms with Crippen molar-refractivity contribution >= 4 is 29.4 Å². The third kappa shape index (κ3) is 3.95. The number of hydrogen-bond donors (Lipinski definition) is 2. The molecule has 2 fully saturated rings. The first kappa shape index (κ1) is 21.5. The van der Waals surface area contributed by atoms with Gasteiger partial charge in [0, 0.05) is 30.4 Å². The lowest BCUT2D eigenvalue weighted by molar-refractivity contribution is 0.0726. The molecule has 0 saturated carbocycles. The van der Waals surface area contributed by atoms with Crippen molar-refractivity contribution < 1.29 is 9.53 Å². The van der Waals surface area contributed by atoms with Crippen molar-refractivity contribution in [3.8, 4) is 0 Å². The van der Waals surface area contributed by atoms with Crippen LogP contribution < -0.4 is 16.0 Å². The number of nitrogens with one attached hydrogen (secondary N) is 1. The number of rotatable bonds is 7. The van der Waals surface area contributed by atoms with Crippen molar-refractivity contribution in [2.45, 2.75) is 45.0 Å². The number of nitrogens with two attached hydrogens (primary N) is 1. The summed E-state index contributed by atoms with van der Waals surface area (Å²) >= 11 is 0. The van der Waals surface area contributed by atoms with Gasteiger partial charge in [0.05, 0.1) is 25.3 Å². The summed E-state index contributed by atoms with van der Waals surface area (Å²) in [6.07, 6.45) is 5.03. The SMILES string of the molecule is C=C/C(=C\c1ccccc1N)CNc1nc(N2CC3C[C@H]2CO3)nc2c1CN(C(C)C)C2=O. The molecule has 2 aromatic rings. The Balaban J connectivity index is 1.46. The highest BCUT2D eigenvalue weighted by Crippen LogP contribution is 2.35. The second-order valence-corrected chi connectivity index (χ2v) is 9.13. The number of hydrogen-bond acceptors (Lipinski definition) is 7. The van der Waals surface area contributed by atoms with E-state index in [9.17, 15) is 4.79 Å². The maximum Gasteiger partial charge on any atom is 0.273 e. The van der Waals surface area contributed by atoms with Gasteiger partial charge in [-0.2, -0.15) is 4.98 Å². The van der Waals surface area contributed by atoms with Crippen LogP contribution in [0.15, 0.2) is 42.5 Å². The molecular formula is C25H30N6O2. The number of aromatic nitrogens is 2. The quantitative estimate of drug-likeness (QED) is 0.498. The molecule has 3 aliphatic heterocycles. The zero-order valence-corrected chi connectivity index (χ0v) is 19.1. The molecule has 3 aliphatic rings. The van der Waals surface area contributed by atoms with Gasteiger partial charge in [-0.05, 0) is 43.5 Å². The largest absolute Gasteiger partial charge is 0.398 e. The van der Waals surface area contributed by atoms with Gasteiger partial charge in [0.25, 0.3) is 5.91 Å². The molecule has 33 heavy (non-hydrogen) atoms. The summed E-state index contributed by atoms with van der Waals surface area (Å²) in [4.78, 5) is 26.7. The maximum atomic E-state index is 13.1. The van der Waals surface area contributed by atoms with Crippen molar-refractivity contribution in [2.75, 3.05) is 35.6 Å². The van der Waals surface area contributed by atoms with Crippen LogP contribution in [0.1, 0.15) is 41.9 Å². The summed E-state index contributed by atoms with van der Waals surface area (Å²) < 4.78 is 5.74. The molecule has 8 heteroatoms. The Morgan fingerprint density at radius 1 is 1.36 bits per heavy atom. The maximum absolute atomic E-state index is 13.1. The molecule has 1 unspecified atom stereocenters. The summed E-state index contributed by atoms with van der Waals surface area (Å²) in [7, 11) is 0. The van der Waals surface area contributed by atoms with Crippen molar-refractivity contribution in [1.29, 1.82) is 0 Å². The van der Waals surface area contributed by atoms with E-state index in [1.807, 2.05) is 55.2 Å². The van der Waals surface area contributed by atoms with Crippen LogP contribution in [0, 0.1) is 0 Å². The number of carbonyl (C=O) groups is 1. The molecule has 172 valence electrons. The van der Waals surface area contributed by atoms with Gasteiger partial charge in [0.15, 0.2) is 0 Å². The summed E-state index contributed by atoms with van der Waals surface area (Å²) in [6.45, 7) is 10.4. The minimum absolute atomic E-state index is 0.0381. The number of fused-ring (bicyclic) bond motifs is 3. The Kier molecular flexibility index (Phi) is 5.54. The van der Waals surface area contributed by atoms with Gasteiger partial charge in [-0.3, -0.25) is 4.79 Å². The minimum Gasteiger partial charge on any atom is -0.398 e. The van der Waals surface area contributed by atoms with E-state index in [1.54, 1.807) is 0 Å². The standard InChI is InChI=1S/C25H30N6O2/c1-4-16(9-17-7-5-6-8-21(17)26)11-27-23-20-13-30(15(2)3)24(32)22(20)28-25(29-23)31-12-19-10-18(31)14-33-19/h4-9,15,18-19H,1,10-14,26H2,2-3H3,(H,27,28,29)/b16-9+/t18-,19?/m0/s1. The lowest BCUT2D eigenvalue weighted by Crippen LogP contribution is -2.38. The zero-order valence-electron chi connectivity index (χ0n) is 19.1. The number of nitrogen functional groups attached to an aromatic ring is 1. The monoisotopic (exact) mass is 446 g/mol. The Morgan fingerprint density at radius 2 is 2.18 bits per heavy atom. The minimum atomic E-state index is -0.0381. The molecule has 2 bridgehead atoms. The normalized spacial score (nSPS) is 21.8. The van der Waals surface area contributed by atoms with E-state index in [2.05, 4.69) is 16.8 Å². The van der Waals surface area contributed by atoms with Crippen LogP contribution >= 0.6 is 0 Å². The van der Waals surface area contributed by atoms with Gasteiger partial charge in [0.1, 0.15) is 11.5 Å². The molecule has 2 atom stereocenters. The molecule has 4 heterocycles. The average molecular weight is 447 g/mol. The molecule has 5 rings (SSSR count). The first-order valence-electron chi connectivity index (χ1n) is 11.5. The van der Waals surface area contributed by atoms with E-state index in [-0.39, 0.29) is 24.1 Å². The lowest BCUT2D eigenvalue weighted by Gasteiger charge is -2.27. The smallest absolute Gasteiger partial charge is 0.273 e. The third-order valence-corrected chi connectivity index (χ3v) is 6.63. The number of ether oxygens (including phenoxy) is 1. The van der Waals surface area contributed by atoms with Crippen LogP contribution in [0.2, 0.25) is 0 Å². The van der Waals surface area contributed by atoms with Crippen LogP contribution in [-0.2, 0) is 11.3 Å². The molecule has 0 radical (unpaired) electrons. The van der Waals surface area contributed by atoms with Crippen molar-refractivity contribution in [2.24, 2.45) is 0 Å². The predicted octanol–water partition coefficient (Wildman–Crippen LogP) is 3.08. The summed E-state index contributed by atoms with van der Waals surface area (Å²) in [6, 6.07) is 8.08. The van der Waals surface area contributed by atoms with Crippen LogP contribution in [0.25, 0.3) is 6.08 Å². The molecule has 0 aliphatic carbocycles. The molecule has 1 aromatic heterocycles. The molecule has 0 spiro atoms. The number of carbonyl (C=O) groups excluding carboxylic acids is 1. The fourth-order valence-electron chi connectivity index (χ4n) is 4.72. The Hall–Kier alpha value is -3.39. The highest BCUT2D eigenvalue weighted by atomic mass is 16.5. The first-order valence-corrected chi connectivity index (χ1v) is 11.5. The van der Waals surface area contributed by atoms with E-state index < -0.39 is 0 Å². The number of anilines is 3. The van der Waals surface area contributed by atoms with Crippen molar-refractivity contribution in [1.82, 2.24) is 14.9 Å². The Morgan fingerprint density at radius 3 is 2.85 bits per heavy atom. The fraction of sp³-hybridized carbons (Fsp3) is 0.400. The topological polar surface area (TPSA) is 96.6 Å². The average Bonchev–Trinajstić information content (AvgIpc) is 3.52. The molecule has 1 aromatic carbocycles. The van der Waals surface area contributed by atoms with Gasteiger partial charge in [0.2, 0.25) is 5.95 Å². The highest BCUT2D eigenvalue weighted by molar-refractivity contribution is 5.98. The van der Waals surface area contributed by atoms with Crippen molar-refractivity contribution in [3.63, 3.8) is 0 Å². The van der Waals surface area contributed by atoms with E-state index >= 15 is 0 Å². The van der Waals surface area contributed by atoms with Gasteiger partial charge in [-0.25, -0.2) is 4.98 Å². The van der Waals surface area contributed by atoms with Crippen molar-refractivity contribution in [3.05, 3.63) is 59.3 Å². The first-order chi connectivity index (χ1) is 15.9. The zero-order chi connectivity index (χ0) is 23.1. The fourth-order valence-corrected chi connectivity index (χ4v) is 4.72. The second-order valence-electron chi connectivity index (χ2n) is 9.13. The molecule has 3 N–H and O–H groups in total. The van der Waals surface area contributed by atoms with Gasteiger partial charge < -0.3 is 25.6 Å². The number of benzene rings is 1. The van der Waals surface area contributed by atoms with E-state index in [0.29, 0.717) is 42.8 Å². The Bertz CT molecular complexity index is 1130. The lowest BCUT2D eigenvalue weighted by atomic mass is 10.1. The van der Waals surface area contributed by atoms with Gasteiger partial charge in [-0.1, -0.05) is 30.9 Å². The molecule has 2 saturated heterocycles. The highest BCUT2D eigenvalue weighted by Gasteiger charge is 2.42. The van der Waals surface area contributed by atoms with Gasteiger partial charge >= 0.3 is 0 Å². The molecular weight excluding hydrogens is 416 g/mol. The van der Waals surface area contributed by atoms with E-state index in [0.717, 1.165) is 29.7 Å². The number of para-hydroxylation sites is 1. The number of nitrogens with zero attached hydrogens (tertiary/aromatic N) is 4.